The van der Waals surface area contributed by atoms with Crippen LogP contribution < -0.4 is 10.1 Å². The Labute approximate surface area is 200 Å². The molecule has 2 aliphatic carbocycles. The molecule has 35 heavy (non-hydrogen) atoms. The van der Waals surface area contributed by atoms with Gasteiger partial charge in [0.05, 0.1) is 34.9 Å². The fourth-order valence-corrected chi connectivity index (χ4v) is 4.34. The van der Waals surface area contributed by atoms with E-state index in [0.717, 1.165) is 24.0 Å². The minimum atomic E-state index is -4.31. The van der Waals surface area contributed by atoms with Crippen molar-refractivity contribution >= 4 is 16.9 Å². The maximum atomic E-state index is 12.8. The van der Waals surface area contributed by atoms with Gasteiger partial charge in [-0.15, -0.1) is 0 Å². The monoisotopic (exact) mass is 483 g/mol. The summed E-state index contributed by atoms with van der Waals surface area (Å²) in [4.78, 5) is 13.2. The van der Waals surface area contributed by atoms with Crippen LogP contribution in [0.3, 0.4) is 0 Å². The second-order valence-electron chi connectivity index (χ2n) is 9.43. The highest BCUT2D eigenvalue weighted by molar-refractivity contribution is 5.96. The molecule has 1 atom stereocenters. The standard InChI is InChI=1S/C25H24F3N5O2/c1-14(10-25(26,27)28)32-23-31-12-20-21(33-23)19(11-30-22(20)35-18-8-17(34)9-18)15-2-4-16(5-3-15)24(13-29)6-7-24/h2-5,11-12,14,17-18,34H,6-10H2,1H3,(H,31,32,33)/t14-,17-,18+/m0/s1. The van der Waals surface area contributed by atoms with Gasteiger partial charge in [-0.1, -0.05) is 24.3 Å². The summed E-state index contributed by atoms with van der Waals surface area (Å²) in [7, 11) is 0. The first-order chi connectivity index (χ1) is 16.7. The van der Waals surface area contributed by atoms with Crippen molar-refractivity contribution in [1.82, 2.24) is 15.0 Å². The molecule has 1 aromatic carbocycles. The van der Waals surface area contributed by atoms with E-state index in [9.17, 15) is 23.5 Å². The van der Waals surface area contributed by atoms with Crippen molar-refractivity contribution in [3.63, 3.8) is 0 Å². The molecule has 2 N–H and O–H groups in total. The first kappa shape index (κ1) is 23.3. The predicted octanol–water partition coefficient (Wildman–Crippen LogP) is 4.90. The topological polar surface area (TPSA) is 104 Å². The van der Waals surface area contributed by atoms with Gasteiger partial charge in [0.15, 0.2) is 0 Å². The first-order valence-corrected chi connectivity index (χ1v) is 11.5. The molecule has 2 fully saturated rings. The summed E-state index contributed by atoms with van der Waals surface area (Å²) >= 11 is 0. The second kappa shape index (κ2) is 8.64. The summed E-state index contributed by atoms with van der Waals surface area (Å²) in [5.74, 6) is 0.387. The van der Waals surface area contributed by atoms with Crippen molar-refractivity contribution in [1.29, 1.82) is 5.26 Å². The van der Waals surface area contributed by atoms with Gasteiger partial charge in [0, 0.05) is 36.8 Å². The number of ether oxygens (including phenoxy) is 1. The third kappa shape index (κ3) is 4.86. The number of nitrogens with one attached hydrogen (secondary N) is 1. The Morgan fingerprint density at radius 2 is 1.91 bits per heavy atom. The van der Waals surface area contributed by atoms with Crippen LogP contribution in [0.2, 0.25) is 0 Å². The van der Waals surface area contributed by atoms with E-state index in [0.29, 0.717) is 35.2 Å². The molecule has 0 saturated heterocycles. The molecule has 2 aliphatic rings. The van der Waals surface area contributed by atoms with Gasteiger partial charge < -0.3 is 15.2 Å². The molecule has 0 spiro atoms. The van der Waals surface area contributed by atoms with Crippen LogP contribution in [0, 0.1) is 11.3 Å². The molecule has 182 valence electrons. The van der Waals surface area contributed by atoms with Crippen LogP contribution in [0.4, 0.5) is 19.1 Å². The number of rotatable bonds is 7. The van der Waals surface area contributed by atoms with Crippen molar-refractivity contribution in [2.75, 3.05) is 5.32 Å². The first-order valence-electron chi connectivity index (χ1n) is 11.5. The van der Waals surface area contributed by atoms with E-state index in [-0.39, 0.29) is 12.1 Å². The van der Waals surface area contributed by atoms with Gasteiger partial charge in [-0.2, -0.15) is 18.4 Å². The zero-order valence-corrected chi connectivity index (χ0v) is 19.0. The third-order valence-electron chi connectivity index (χ3n) is 6.56. The van der Waals surface area contributed by atoms with Crippen LogP contribution in [0.1, 0.15) is 44.6 Å². The van der Waals surface area contributed by atoms with Crippen LogP contribution >= 0.6 is 0 Å². The molecule has 2 heterocycles. The van der Waals surface area contributed by atoms with Gasteiger partial charge in [-0.3, -0.25) is 0 Å². The minimum Gasteiger partial charge on any atom is -0.474 e. The van der Waals surface area contributed by atoms with Crippen LogP contribution in [-0.2, 0) is 5.41 Å². The summed E-state index contributed by atoms with van der Waals surface area (Å²) in [5, 5.41) is 22.3. The van der Waals surface area contributed by atoms with Gasteiger partial charge >= 0.3 is 6.18 Å². The van der Waals surface area contributed by atoms with E-state index in [1.807, 2.05) is 24.3 Å². The number of pyridine rings is 1. The number of hydrogen-bond donors (Lipinski definition) is 2. The third-order valence-corrected chi connectivity index (χ3v) is 6.56. The van der Waals surface area contributed by atoms with Gasteiger partial charge in [0.2, 0.25) is 11.8 Å². The fraction of sp³-hybridized carbons (Fsp3) is 0.440. The molecule has 7 nitrogen and oxygen atoms in total. The average molecular weight is 483 g/mol. The van der Waals surface area contributed by atoms with Gasteiger partial charge in [-0.25, -0.2) is 15.0 Å². The molecular weight excluding hydrogens is 459 g/mol. The largest absolute Gasteiger partial charge is 0.474 e. The summed E-state index contributed by atoms with van der Waals surface area (Å²) in [5.41, 5.74) is 2.52. The lowest BCUT2D eigenvalue weighted by atomic mass is 9.92. The molecule has 2 saturated carbocycles. The summed E-state index contributed by atoms with van der Waals surface area (Å²) < 4.78 is 44.3. The van der Waals surface area contributed by atoms with E-state index in [1.54, 1.807) is 6.20 Å². The SMILES string of the molecule is C[C@@H](CC(F)(F)F)Nc1ncc2c(O[C@H]3C[C@@H](O)C3)ncc(-c3ccc(C4(C#N)CC4)cc3)c2n1. The van der Waals surface area contributed by atoms with E-state index in [2.05, 4.69) is 26.3 Å². The Kier molecular flexibility index (Phi) is 5.75. The Morgan fingerprint density at radius 1 is 1.20 bits per heavy atom. The quantitative estimate of drug-likeness (QED) is 0.493. The molecule has 5 rings (SSSR count). The normalized spacial score (nSPS) is 21.6. The average Bonchev–Trinajstić information content (AvgIpc) is 3.58. The number of hydrogen-bond acceptors (Lipinski definition) is 7. The molecule has 10 heteroatoms. The van der Waals surface area contributed by atoms with Crippen LogP contribution in [0.25, 0.3) is 22.0 Å². The predicted molar refractivity (Wildman–Crippen MR) is 123 cm³/mol. The van der Waals surface area contributed by atoms with Crippen molar-refractivity contribution < 1.29 is 23.0 Å². The maximum absolute atomic E-state index is 12.8. The minimum absolute atomic E-state index is 0.0738. The van der Waals surface area contributed by atoms with Crippen molar-refractivity contribution in [2.45, 2.75) is 68.9 Å². The number of benzene rings is 1. The number of anilines is 1. The zero-order valence-electron chi connectivity index (χ0n) is 19.0. The second-order valence-corrected chi connectivity index (χ2v) is 9.43. The Balaban J connectivity index is 1.51. The molecule has 0 amide bonds. The summed E-state index contributed by atoms with van der Waals surface area (Å²) in [6.45, 7) is 1.42. The molecule has 0 aliphatic heterocycles. The van der Waals surface area contributed by atoms with E-state index in [1.165, 1.54) is 13.1 Å². The van der Waals surface area contributed by atoms with Crippen molar-refractivity contribution in [3.8, 4) is 23.1 Å². The van der Waals surface area contributed by atoms with Gasteiger partial charge in [-0.05, 0) is 30.9 Å². The summed E-state index contributed by atoms with van der Waals surface area (Å²) in [6.07, 6.45) is -0.0871. The number of aliphatic hydroxyl groups is 1. The number of aromatic nitrogens is 3. The van der Waals surface area contributed by atoms with E-state index in [4.69, 9.17) is 4.74 Å². The highest BCUT2D eigenvalue weighted by atomic mass is 19.4. The van der Waals surface area contributed by atoms with Crippen LogP contribution in [0.15, 0.2) is 36.7 Å². The number of halogens is 3. The van der Waals surface area contributed by atoms with Crippen LogP contribution in [-0.4, -0.2) is 44.5 Å². The lowest BCUT2D eigenvalue weighted by Gasteiger charge is -2.31. The maximum Gasteiger partial charge on any atom is 0.391 e. The molecule has 0 bridgehead atoms. The lowest BCUT2D eigenvalue weighted by Crippen LogP contribution is -2.37. The van der Waals surface area contributed by atoms with E-state index >= 15 is 0 Å². The Hall–Kier alpha value is -3.45. The fourth-order valence-electron chi connectivity index (χ4n) is 4.34. The molecular formula is C25H24F3N5O2. The smallest absolute Gasteiger partial charge is 0.391 e. The molecule has 0 unspecified atom stereocenters. The van der Waals surface area contributed by atoms with Crippen molar-refractivity contribution in [2.24, 2.45) is 0 Å². The number of nitriles is 1. The number of fused-ring (bicyclic) bond motifs is 1. The number of nitrogens with zero attached hydrogens (tertiary/aromatic N) is 4. The summed E-state index contributed by atoms with van der Waals surface area (Å²) in [6, 6.07) is 9.10. The highest BCUT2D eigenvalue weighted by Gasteiger charge is 2.44. The van der Waals surface area contributed by atoms with Crippen LogP contribution in [0.5, 0.6) is 5.88 Å². The lowest BCUT2D eigenvalue weighted by molar-refractivity contribution is -0.136. The highest BCUT2D eigenvalue weighted by Crippen LogP contribution is 2.48. The van der Waals surface area contributed by atoms with Gasteiger partial charge in [0.1, 0.15) is 6.10 Å². The number of alkyl halides is 3. The number of aliphatic hydroxyl groups excluding tert-OH is 1. The molecule has 0 radical (unpaired) electrons. The Bertz CT molecular complexity index is 1280. The molecule has 2 aromatic heterocycles. The van der Waals surface area contributed by atoms with E-state index < -0.39 is 30.2 Å². The molecule has 3 aromatic rings. The Morgan fingerprint density at radius 3 is 2.51 bits per heavy atom. The van der Waals surface area contributed by atoms with Gasteiger partial charge in [0.25, 0.3) is 0 Å². The van der Waals surface area contributed by atoms with Crippen molar-refractivity contribution in [3.05, 3.63) is 42.2 Å². The zero-order chi connectivity index (χ0) is 24.8.